The lowest BCUT2D eigenvalue weighted by atomic mass is 10.4. The number of hydrogen-bond donors (Lipinski definition) is 3. The molecule has 0 fully saturated rings. The van der Waals surface area contributed by atoms with Crippen LogP contribution in [0.15, 0.2) is 0 Å². The van der Waals surface area contributed by atoms with E-state index in [1.807, 2.05) is 4.90 Å². The lowest BCUT2D eigenvalue weighted by Gasteiger charge is -2.21. The van der Waals surface area contributed by atoms with E-state index in [2.05, 4.69) is 4.52 Å². The predicted octanol–water partition coefficient (Wildman–Crippen LogP) is -0.573. The minimum atomic E-state index is -4.38. The third-order valence-electron chi connectivity index (χ3n) is 1.91. The Morgan fingerprint density at radius 2 is 1.81 bits per heavy atom. The molecule has 0 aromatic heterocycles. The summed E-state index contributed by atoms with van der Waals surface area (Å²) in [6.45, 7) is 2.25. The van der Waals surface area contributed by atoms with E-state index in [4.69, 9.17) is 19.6 Å². The van der Waals surface area contributed by atoms with Crippen LogP contribution < -0.4 is 0 Å². The second-order valence-corrected chi connectivity index (χ2v) is 4.47. The maximum atomic E-state index is 10.4. The maximum absolute atomic E-state index is 10.4. The molecule has 98 valence electrons. The number of aliphatic hydroxyl groups is 1. The van der Waals surface area contributed by atoms with Gasteiger partial charge in [0.1, 0.15) is 0 Å². The molecule has 3 N–H and O–H groups in total. The number of aliphatic hydroxyl groups excluding tert-OH is 1. The van der Waals surface area contributed by atoms with Gasteiger partial charge >= 0.3 is 7.82 Å². The Morgan fingerprint density at radius 1 is 1.19 bits per heavy atom. The number of phosphoric ester groups is 1. The fourth-order valence-corrected chi connectivity index (χ4v) is 1.46. The van der Waals surface area contributed by atoms with Gasteiger partial charge in [0.25, 0.3) is 0 Å². The van der Waals surface area contributed by atoms with Crippen LogP contribution in [0.25, 0.3) is 0 Å². The molecule has 0 bridgehead atoms. The lowest BCUT2D eigenvalue weighted by Crippen LogP contribution is -2.32. The molecule has 0 saturated carbocycles. The first-order valence-corrected chi connectivity index (χ1v) is 6.55. The van der Waals surface area contributed by atoms with Gasteiger partial charge in [0.05, 0.1) is 13.2 Å². The first-order valence-electron chi connectivity index (χ1n) is 5.02. The highest BCUT2D eigenvalue weighted by Crippen LogP contribution is 2.35. The highest BCUT2D eigenvalue weighted by atomic mass is 31.2. The van der Waals surface area contributed by atoms with Gasteiger partial charge in [-0.2, -0.15) is 0 Å². The van der Waals surface area contributed by atoms with Crippen LogP contribution in [0.1, 0.15) is 6.42 Å². The van der Waals surface area contributed by atoms with Crippen molar-refractivity contribution in [2.45, 2.75) is 6.42 Å². The van der Waals surface area contributed by atoms with Crippen LogP contribution in [0.4, 0.5) is 0 Å². The van der Waals surface area contributed by atoms with Crippen molar-refractivity contribution in [3.63, 3.8) is 0 Å². The smallest absolute Gasteiger partial charge is 0.396 e. The molecule has 0 aliphatic carbocycles. The van der Waals surface area contributed by atoms with E-state index in [9.17, 15) is 4.57 Å². The molecule has 0 amide bonds. The van der Waals surface area contributed by atoms with E-state index < -0.39 is 7.82 Å². The minimum absolute atomic E-state index is 0.0422. The summed E-state index contributed by atoms with van der Waals surface area (Å²) in [7, 11) is -2.80. The number of phosphoric acid groups is 1. The molecular formula is C8H20NO6P. The molecule has 0 atom stereocenters. The number of rotatable bonds is 10. The van der Waals surface area contributed by atoms with Gasteiger partial charge in [-0.25, -0.2) is 4.57 Å². The first-order chi connectivity index (χ1) is 7.49. The third-order valence-corrected chi connectivity index (χ3v) is 2.43. The molecule has 0 spiro atoms. The lowest BCUT2D eigenvalue weighted by molar-refractivity contribution is 0.118. The maximum Gasteiger partial charge on any atom is 0.469 e. The fourth-order valence-electron chi connectivity index (χ4n) is 1.14. The zero-order chi connectivity index (χ0) is 12.4. The van der Waals surface area contributed by atoms with E-state index in [-0.39, 0.29) is 13.2 Å². The Kier molecular flexibility index (Phi) is 9.06. The third kappa shape index (κ3) is 10.5. The van der Waals surface area contributed by atoms with Gasteiger partial charge in [-0.3, -0.25) is 9.42 Å². The quantitative estimate of drug-likeness (QED) is 0.450. The van der Waals surface area contributed by atoms with Gasteiger partial charge in [-0.1, -0.05) is 0 Å². The summed E-state index contributed by atoms with van der Waals surface area (Å²) in [5.74, 6) is 0. The molecule has 0 radical (unpaired) electrons. The van der Waals surface area contributed by atoms with E-state index in [0.717, 1.165) is 0 Å². The second-order valence-electron chi connectivity index (χ2n) is 3.24. The van der Waals surface area contributed by atoms with Crippen LogP contribution in [0.2, 0.25) is 0 Å². The van der Waals surface area contributed by atoms with Crippen LogP contribution in [-0.2, 0) is 13.8 Å². The van der Waals surface area contributed by atoms with Crippen LogP contribution >= 0.6 is 7.82 Å². The summed E-state index contributed by atoms with van der Waals surface area (Å²) in [6.07, 6.45) is 0.611. The highest BCUT2D eigenvalue weighted by molar-refractivity contribution is 7.46. The van der Waals surface area contributed by atoms with Crippen molar-refractivity contribution in [3.05, 3.63) is 0 Å². The Morgan fingerprint density at radius 3 is 2.31 bits per heavy atom. The molecule has 0 aromatic carbocycles. The second kappa shape index (κ2) is 9.07. The van der Waals surface area contributed by atoms with Gasteiger partial charge in [-0.05, 0) is 6.42 Å². The summed E-state index contributed by atoms with van der Waals surface area (Å²) in [4.78, 5) is 18.9. The van der Waals surface area contributed by atoms with Gasteiger partial charge in [-0.15, -0.1) is 0 Å². The van der Waals surface area contributed by atoms with Crippen molar-refractivity contribution in [1.82, 2.24) is 4.90 Å². The molecule has 0 unspecified atom stereocenters. The van der Waals surface area contributed by atoms with Crippen LogP contribution in [-0.4, -0.2) is 66.4 Å². The topological polar surface area (TPSA) is 99.5 Å². The summed E-state index contributed by atoms with van der Waals surface area (Å²) in [5, 5.41) is 8.68. The van der Waals surface area contributed by atoms with E-state index in [1.165, 1.54) is 0 Å². The van der Waals surface area contributed by atoms with Gasteiger partial charge in [0, 0.05) is 33.4 Å². The molecule has 7 nitrogen and oxygen atoms in total. The van der Waals surface area contributed by atoms with Crippen molar-refractivity contribution in [2.24, 2.45) is 0 Å². The van der Waals surface area contributed by atoms with Crippen LogP contribution in [0.3, 0.4) is 0 Å². The van der Waals surface area contributed by atoms with Crippen molar-refractivity contribution < 1.29 is 28.7 Å². The highest BCUT2D eigenvalue weighted by Gasteiger charge is 2.14. The summed E-state index contributed by atoms with van der Waals surface area (Å²) in [5.41, 5.74) is 0. The Balaban J connectivity index is 3.76. The zero-order valence-corrected chi connectivity index (χ0v) is 10.3. The molecule has 8 heteroatoms. The van der Waals surface area contributed by atoms with E-state index >= 15 is 0 Å². The van der Waals surface area contributed by atoms with E-state index in [0.29, 0.717) is 32.7 Å². The SMILES string of the molecule is COCCN(CCCO)CCOP(=O)(O)O. The van der Waals surface area contributed by atoms with Crippen molar-refractivity contribution >= 4 is 7.82 Å². The van der Waals surface area contributed by atoms with Crippen molar-refractivity contribution in [3.8, 4) is 0 Å². The summed E-state index contributed by atoms with van der Waals surface area (Å²) in [6, 6.07) is 0. The fraction of sp³-hybridized carbons (Fsp3) is 1.00. The summed E-state index contributed by atoms with van der Waals surface area (Å²) < 4.78 is 19.7. The van der Waals surface area contributed by atoms with Gasteiger partial charge in [0.2, 0.25) is 0 Å². The van der Waals surface area contributed by atoms with Crippen LogP contribution in [0.5, 0.6) is 0 Å². The minimum Gasteiger partial charge on any atom is -0.396 e. The molecular weight excluding hydrogens is 237 g/mol. The molecule has 0 saturated heterocycles. The molecule has 0 aliphatic heterocycles. The van der Waals surface area contributed by atoms with Gasteiger partial charge < -0.3 is 19.6 Å². The van der Waals surface area contributed by atoms with E-state index in [1.54, 1.807) is 7.11 Å². The normalized spacial score (nSPS) is 12.3. The largest absolute Gasteiger partial charge is 0.469 e. The zero-order valence-electron chi connectivity index (χ0n) is 9.41. The Labute approximate surface area is 95.2 Å². The van der Waals surface area contributed by atoms with Crippen LogP contribution in [0, 0.1) is 0 Å². The summed E-state index contributed by atoms with van der Waals surface area (Å²) >= 11 is 0. The number of nitrogens with zero attached hydrogens (tertiary/aromatic N) is 1. The Bertz CT molecular complexity index is 201. The number of methoxy groups -OCH3 is 1. The average Bonchev–Trinajstić information content (AvgIpc) is 2.19. The van der Waals surface area contributed by atoms with Gasteiger partial charge in [0.15, 0.2) is 0 Å². The molecule has 0 rings (SSSR count). The average molecular weight is 257 g/mol. The first kappa shape index (κ1) is 16.0. The Hall–Kier alpha value is -0.0100. The standard InChI is InChI=1S/C8H20NO6P/c1-14-7-4-9(3-2-6-10)5-8-15-16(11,12)13/h10H,2-8H2,1H3,(H2,11,12,13). The van der Waals surface area contributed by atoms with Crippen molar-refractivity contribution in [1.29, 1.82) is 0 Å². The molecule has 0 aromatic rings. The predicted molar refractivity (Wildman–Crippen MR) is 58.0 cm³/mol. The number of ether oxygens (including phenoxy) is 1. The molecule has 16 heavy (non-hydrogen) atoms. The number of hydrogen-bond acceptors (Lipinski definition) is 5. The molecule has 0 aliphatic rings. The monoisotopic (exact) mass is 257 g/mol. The molecule has 0 heterocycles. The van der Waals surface area contributed by atoms with Crippen molar-refractivity contribution in [2.75, 3.05) is 46.6 Å².